The number of aromatic amines is 1. The van der Waals surface area contributed by atoms with Gasteiger partial charge in [-0.05, 0) is 33.7 Å². The molecule has 0 bridgehead atoms. The normalized spacial score (nSPS) is 12.8. The number of carbonyl (C=O) groups excluding carboxylic acids is 3. The molecule has 33 heavy (non-hydrogen) atoms. The standard InChI is InChI=1S/C21H20N4O6S2/c1-12(26)24-9-8-14-15(10-24)33-18(17(14)20(28)30-2)22-16(27)11-32-19-21(29)31-23-25(19)13-6-4-3-5-7-13/h3-7H,8-11H2,1-2H3,(H-,22,23,27,28,29)/p+1. The van der Waals surface area contributed by atoms with Crippen molar-refractivity contribution < 1.29 is 28.3 Å². The Balaban J connectivity index is 1.52. The number of ether oxygens (including phenoxy) is 1. The molecule has 2 amide bonds. The van der Waals surface area contributed by atoms with Crippen molar-refractivity contribution in [2.45, 2.75) is 24.9 Å². The number of nitrogens with one attached hydrogen (secondary N) is 2. The van der Waals surface area contributed by atoms with Crippen LogP contribution >= 0.6 is 23.1 Å². The molecule has 12 heteroatoms. The largest absolute Gasteiger partial charge is 0.465 e. The van der Waals surface area contributed by atoms with Crippen LogP contribution in [-0.2, 0) is 27.3 Å². The first kappa shape index (κ1) is 22.8. The number of thiophene rings is 1. The predicted molar refractivity (Wildman–Crippen MR) is 121 cm³/mol. The lowest BCUT2D eigenvalue weighted by atomic mass is 10.0. The molecule has 1 aliphatic rings. The highest BCUT2D eigenvalue weighted by molar-refractivity contribution is 7.99. The van der Waals surface area contributed by atoms with Crippen LogP contribution in [-0.4, -0.2) is 47.4 Å². The van der Waals surface area contributed by atoms with E-state index in [1.807, 2.05) is 18.2 Å². The Morgan fingerprint density at radius 3 is 2.76 bits per heavy atom. The average molecular weight is 490 g/mol. The summed E-state index contributed by atoms with van der Waals surface area (Å²) in [6.45, 7) is 2.37. The van der Waals surface area contributed by atoms with E-state index in [1.54, 1.807) is 17.0 Å². The molecule has 0 unspecified atom stereocenters. The monoisotopic (exact) mass is 489 g/mol. The minimum atomic E-state index is -0.595. The Kier molecular flexibility index (Phi) is 6.65. The van der Waals surface area contributed by atoms with E-state index in [1.165, 1.54) is 30.1 Å². The van der Waals surface area contributed by atoms with Crippen molar-refractivity contribution >= 4 is 45.9 Å². The number of para-hydroxylation sites is 1. The van der Waals surface area contributed by atoms with E-state index in [9.17, 15) is 19.2 Å². The summed E-state index contributed by atoms with van der Waals surface area (Å²) in [5.74, 6) is -1.07. The number of amides is 2. The molecule has 0 spiro atoms. The van der Waals surface area contributed by atoms with Crippen molar-refractivity contribution in [1.82, 2.24) is 10.2 Å². The third-order valence-corrected chi connectivity index (χ3v) is 7.27. The topological polar surface area (TPSA) is 126 Å². The number of fused-ring (bicyclic) bond motifs is 1. The molecule has 1 aliphatic heterocycles. The summed E-state index contributed by atoms with van der Waals surface area (Å²) in [7, 11) is 1.28. The Labute approximate surface area is 196 Å². The third kappa shape index (κ3) is 4.71. The summed E-state index contributed by atoms with van der Waals surface area (Å²) >= 11 is 2.26. The van der Waals surface area contributed by atoms with Gasteiger partial charge in [0.1, 0.15) is 5.00 Å². The summed E-state index contributed by atoms with van der Waals surface area (Å²) in [5.41, 5.74) is 1.20. The summed E-state index contributed by atoms with van der Waals surface area (Å²) < 4.78 is 11.3. The number of aromatic nitrogens is 2. The number of thioether (sulfide) groups is 1. The van der Waals surface area contributed by atoms with Crippen LogP contribution in [0.5, 0.6) is 0 Å². The molecule has 0 saturated carbocycles. The van der Waals surface area contributed by atoms with Crippen molar-refractivity contribution in [3.63, 3.8) is 0 Å². The second-order valence-corrected chi connectivity index (χ2v) is 9.25. The van der Waals surface area contributed by atoms with Crippen LogP contribution in [0.15, 0.2) is 44.7 Å². The molecule has 3 aromatic rings. The molecule has 0 aliphatic carbocycles. The highest BCUT2D eigenvalue weighted by atomic mass is 32.2. The minimum Gasteiger partial charge on any atom is -0.465 e. The highest BCUT2D eigenvalue weighted by Gasteiger charge is 2.31. The molecule has 0 fully saturated rings. The first-order chi connectivity index (χ1) is 15.9. The molecule has 1 aromatic carbocycles. The van der Waals surface area contributed by atoms with Gasteiger partial charge in [-0.2, -0.15) is 0 Å². The number of hydrogen-bond donors (Lipinski definition) is 2. The zero-order valence-corrected chi connectivity index (χ0v) is 19.5. The predicted octanol–water partition coefficient (Wildman–Crippen LogP) is 1.73. The maximum absolute atomic E-state index is 12.7. The molecule has 0 saturated heterocycles. The Morgan fingerprint density at radius 1 is 1.30 bits per heavy atom. The van der Waals surface area contributed by atoms with E-state index in [0.717, 1.165) is 22.2 Å². The van der Waals surface area contributed by atoms with E-state index in [2.05, 4.69) is 10.6 Å². The zero-order valence-electron chi connectivity index (χ0n) is 17.9. The fourth-order valence-electron chi connectivity index (χ4n) is 3.51. The third-order valence-electron chi connectivity index (χ3n) is 5.11. The zero-order chi connectivity index (χ0) is 23.5. The van der Waals surface area contributed by atoms with Gasteiger partial charge in [-0.25, -0.2) is 9.59 Å². The van der Waals surface area contributed by atoms with Gasteiger partial charge < -0.3 is 15.0 Å². The van der Waals surface area contributed by atoms with Gasteiger partial charge >= 0.3 is 16.6 Å². The van der Waals surface area contributed by atoms with Crippen LogP contribution in [0, 0.1) is 0 Å². The molecular formula is C21H21N4O6S2+. The van der Waals surface area contributed by atoms with Crippen molar-refractivity contribution in [3.8, 4) is 5.69 Å². The number of methoxy groups -OCH3 is 1. The summed E-state index contributed by atoms with van der Waals surface area (Å²) in [4.78, 5) is 51.6. The smallest absolute Gasteiger partial charge is 0.442 e. The number of esters is 1. The van der Waals surface area contributed by atoms with Gasteiger partial charge in [-0.15, -0.1) is 11.3 Å². The lowest BCUT2D eigenvalue weighted by Gasteiger charge is -2.25. The lowest BCUT2D eigenvalue weighted by molar-refractivity contribution is -0.704. The van der Waals surface area contributed by atoms with Crippen molar-refractivity contribution in [1.29, 1.82) is 0 Å². The van der Waals surface area contributed by atoms with E-state index in [0.29, 0.717) is 35.8 Å². The Morgan fingerprint density at radius 2 is 2.06 bits per heavy atom. The first-order valence-electron chi connectivity index (χ1n) is 9.99. The van der Waals surface area contributed by atoms with E-state index in [4.69, 9.17) is 9.26 Å². The van der Waals surface area contributed by atoms with Crippen LogP contribution < -0.4 is 15.6 Å². The fraction of sp³-hybridized carbons (Fsp3) is 0.286. The molecule has 0 atom stereocenters. The van der Waals surface area contributed by atoms with E-state index >= 15 is 0 Å². The summed E-state index contributed by atoms with van der Waals surface area (Å²) in [6.07, 6.45) is 0.502. The van der Waals surface area contributed by atoms with Crippen molar-refractivity contribution in [3.05, 3.63) is 56.8 Å². The number of carbonyl (C=O) groups is 3. The maximum atomic E-state index is 12.7. The van der Waals surface area contributed by atoms with Gasteiger partial charge in [-0.1, -0.05) is 18.2 Å². The van der Waals surface area contributed by atoms with Crippen LogP contribution in [0.25, 0.3) is 5.69 Å². The van der Waals surface area contributed by atoms with Crippen LogP contribution in [0.3, 0.4) is 0 Å². The molecule has 172 valence electrons. The molecule has 2 N–H and O–H groups in total. The number of hydrogen-bond acceptors (Lipinski definition) is 8. The van der Waals surface area contributed by atoms with Gasteiger partial charge in [0.05, 0.1) is 25.0 Å². The van der Waals surface area contributed by atoms with Gasteiger partial charge in [-0.3, -0.25) is 14.1 Å². The maximum Gasteiger partial charge on any atom is 0.442 e. The highest BCUT2D eigenvalue weighted by Crippen LogP contribution is 2.37. The Bertz CT molecular complexity index is 1260. The van der Waals surface area contributed by atoms with Gasteiger partial charge in [0.15, 0.2) is 0 Å². The molecule has 3 heterocycles. The van der Waals surface area contributed by atoms with Crippen molar-refractivity contribution in [2.75, 3.05) is 24.7 Å². The van der Waals surface area contributed by atoms with Crippen LogP contribution in [0.1, 0.15) is 27.7 Å². The van der Waals surface area contributed by atoms with Crippen LogP contribution in [0.4, 0.5) is 5.00 Å². The second kappa shape index (κ2) is 9.63. The number of H-pyrrole nitrogens is 1. The minimum absolute atomic E-state index is 0.0484. The van der Waals surface area contributed by atoms with E-state index < -0.39 is 17.5 Å². The molecule has 10 nitrogen and oxygen atoms in total. The van der Waals surface area contributed by atoms with E-state index in [-0.39, 0.29) is 16.7 Å². The quantitative estimate of drug-likeness (QED) is 0.307. The van der Waals surface area contributed by atoms with Crippen LogP contribution in [0.2, 0.25) is 0 Å². The molecular weight excluding hydrogens is 468 g/mol. The molecule has 4 rings (SSSR count). The number of rotatable bonds is 6. The van der Waals surface area contributed by atoms with Gasteiger partial charge in [0, 0.05) is 30.5 Å². The molecule has 2 aromatic heterocycles. The van der Waals surface area contributed by atoms with Gasteiger partial charge in [0.2, 0.25) is 17.5 Å². The Hall–Kier alpha value is -3.38. The second-order valence-electron chi connectivity index (χ2n) is 7.18. The number of anilines is 1. The average Bonchev–Trinajstić information content (AvgIpc) is 3.36. The fourth-order valence-corrected chi connectivity index (χ4v) is 5.55. The molecule has 0 radical (unpaired) electrons. The SMILES string of the molecule is COC(=O)c1c(NC(=O)CSc2c(=O)o[nH][n+]2-c2ccccc2)sc2c1CCN(C(C)=O)C2. The number of nitrogens with zero attached hydrogens (tertiary/aromatic N) is 2. The summed E-state index contributed by atoms with van der Waals surface area (Å²) in [5, 5.41) is 5.89. The summed E-state index contributed by atoms with van der Waals surface area (Å²) in [6, 6.07) is 9.05. The lowest BCUT2D eigenvalue weighted by Crippen LogP contribution is -2.36. The van der Waals surface area contributed by atoms with Crippen molar-refractivity contribution in [2.24, 2.45) is 0 Å². The number of benzene rings is 1. The first-order valence-corrected chi connectivity index (χ1v) is 11.8. The van der Waals surface area contributed by atoms with Gasteiger partial charge in [0.25, 0.3) is 0 Å².